The van der Waals surface area contributed by atoms with Crippen LogP contribution in [0.3, 0.4) is 0 Å². The van der Waals surface area contributed by atoms with Crippen molar-refractivity contribution in [1.29, 1.82) is 0 Å². The van der Waals surface area contributed by atoms with Crippen molar-refractivity contribution in [3.8, 4) is 34.1 Å². The van der Waals surface area contributed by atoms with Crippen LogP contribution in [-0.2, 0) is 12.8 Å². The first-order chi connectivity index (χ1) is 13.6. The molecule has 0 bridgehead atoms. The summed E-state index contributed by atoms with van der Waals surface area (Å²) in [5.74, 6) is 2.16. The van der Waals surface area contributed by atoms with Crippen LogP contribution < -0.4 is 18.9 Å². The quantitative estimate of drug-likeness (QED) is 0.735. The Kier molecular flexibility index (Phi) is 5.05. The second-order valence-corrected chi connectivity index (χ2v) is 7.01. The SMILES string of the molecule is COc1cc2c(cc1OC)-c1c(OCO)c(OCO)cc3c1C(C2)N(C)CC3. The predicted molar refractivity (Wildman–Crippen MR) is 103 cm³/mol. The molecule has 2 N–H and O–H groups in total. The smallest absolute Gasteiger partial charge is 0.186 e. The van der Waals surface area contributed by atoms with E-state index in [1.807, 2.05) is 18.2 Å². The van der Waals surface area contributed by atoms with Gasteiger partial charge in [0, 0.05) is 18.2 Å². The molecule has 1 unspecified atom stereocenters. The van der Waals surface area contributed by atoms with Crippen LogP contribution in [0, 0.1) is 0 Å². The Balaban J connectivity index is 2.04. The van der Waals surface area contributed by atoms with Crippen LogP contribution in [0.5, 0.6) is 23.0 Å². The minimum Gasteiger partial charge on any atom is -0.493 e. The van der Waals surface area contributed by atoms with Gasteiger partial charge in [-0.05, 0) is 60.3 Å². The fourth-order valence-corrected chi connectivity index (χ4v) is 4.41. The molecule has 0 amide bonds. The number of fused-ring (bicyclic) bond motifs is 2. The molecule has 1 atom stereocenters. The predicted octanol–water partition coefficient (Wildman–Crippen LogP) is 2.11. The maximum atomic E-state index is 9.51. The second-order valence-electron chi connectivity index (χ2n) is 7.01. The van der Waals surface area contributed by atoms with Gasteiger partial charge in [-0.15, -0.1) is 0 Å². The van der Waals surface area contributed by atoms with Gasteiger partial charge in [-0.25, -0.2) is 0 Å². The number of likely N-dealkylation sites (N-methyl/N-ethyl adjacent to an activating group) is 1. The van der Waals surface area contributed by atoms with E-state index in [2.05, 4.69) is 11.9 Å². The molecule has 0 saturated carbocycles. The molecule has 150 valence electrons. The number of hydrogen-bond acceptors (Lipinski definition) is 7. The zero-order valence-corrected chi connectivity index (χ0v) is 16.3. The minimum absolute atomic E-state index is 0.188. The molecule has 0 radical (unpaired) electrons. The molecule has 0 aromatic heterocycles. The van der Waals surface area contributed by atoms with E-state index in [0.29, 0.717) is 23.0 Å². The van der Waals surface area contributed by atoms with Crippen molar-refractivity contribution in [2.75, 3.05) is 41.4 Å². The van der Waals surface area contributed by atoms with Crippen LogP contribution >= 0.6 is 0 Å². The summed E-state index contributed by atoms with van der Waals surface area (Å²) in [5.41, 5.74) is 5.31. The Morgan fingerprint density at radius 3 is 2.32 bits per heavy atom. The molecule has 2 aromatic rings. The largest absolute Gasteiger partial charge is 0.493 e. The molecular formula is C21H25NO6. The number of aliphatic hydroxyl groups excluding tert-OH is 2. The van der Waals surface area contributed by atoms with Crippen molar-refractivity contribution in [3.05, 3.63) is 34.9 Å². The highest BCUT2D eigenvalue weighted by molar-refractivity contribution is 5.85. The summed E-state index contributed by atoms with van der Waals surface area (Å²) >= 11 is 0. The highest BCUT2D eigenvalue weighted by atomic mass is 16.6. The van der Waals surface area contributed by atoms with Crippen LogP contribution in [0.4, 0.5) is 0 Å². The fourth-order valence-electron chi connectivity index (χ4n) is 4.41. The van der Waals surface area contributed by atoms with Crippen molar-refractivity contribution in [1.82, 2.24) is 4.90 Å². The summed E-state index contributed by atoms with van der Waals surface area (Å²) in [7, 11) is 5.35. The summed E-state index contributed by atoms with van der Waals surface area (Å²) in [5, 5.41) is 18.9. The number of hydrogen-bond donors (Lipinski definition) is 2. The Bertz CT molecular complexity index is 897. The summed E-state index contributed by atoms with van der Waals surface area (Å²) < 4.78 is 22.1. The van der Waals surface area contributed by atoms with E-state index < -0.39 is 13.6 Å². The van der Waals surface area contributed by atoms with Gasteiger partial charge in [-0.1, -0.05) is 0 Å². The molecule has 0 fully saturated rings. The summed E-state index contributed by atoms with van der Waals surface area (Å²) in [4.78, 5) is 2.33. The lowest BCUT2D eigenvalue weighted by atomic mass is 9.76. The standard InChI is InChI=1S/C21H25NO6/c1-22-5-4-12-7-18(27-10-23)21(28-11-24)20-14-9-17(26-3)16(25-2)8-13(14)6-15(22)19(12)20/h7-9,15,23-24H,4-6,10-11H2,1-3H3. The number of methoxy groups -OCH3 is 2. The number of ether oxygens (including phenoxy) is 4. The lowest BCUT2D eigenvalue weighted by Gasteiger charge is -2.40. The first-order valence-corrected chi connectivity index (χ1v) is 9.25. The Labute approximate surface area is 164 Å². The molecule has 7 nitrogen and oxygen atoms in total. The van der Waals surface area contributed by atoms with E-state index in [0.717, 1.165) is 36.1 Å². The number of benzene rings is 2. The average Bonchev–Trinajstić information content (AvgIpc) is 2.71. The van der Waals surface area contributed by atoms with Crippen molar-refractivity contribution < 1.29 is 29.2 Å². The average molecular weight is 387 g/mol. The number of nitrogens with zero attached hydrogens (tertiary/aromatic N) is 1. The van der Waals surface area contributed by atoms with Gasteiger partial charge in [-0.2, -0.15) is 0 Å². The van der Waals surface area contributed by atoms with Crippen LogP contribution in [0.15, 0.2) is 18.2 Å². The molecule has 0 saturated heterocycles. The van der Waals surface area contributed by atoms with Crippen LogP contribution in [-0.4, -0.2) is 56.5 Å². The summed E-state index contributed by atoms with van der Waals surface area (Å²) in [6.07, 6.45) is 1.71. The van der Waals surface area contributed by atoms with Crippen molar-refractivity contribution >= 4 is 0 Å². The first kappa shape index (κ1) is 18.9. The van der Waals surface area contributed by atoms with Gasteiger partial charge in [0.2, 0.25) is 0 Å². The maximum absolute atomic E-state index is 9.51. The lowest BCUT2D eigenvalue weighted by molar-refractivity contribution is 0.0742. The molecule has 1 aliphatic carbocycles. The van der Waals surface area contributed by atoms with Gasteiger partial charge in [0.15, 0.2) is 36.6 Å². The van der Waals surface area contributed by atoms with Gasteiger partial charge in [0.05, 0.1) is 14.2 Å². The van der Waals surface area contributed by atoms with Crippen LogP contribution in [0.25, 0.3) is 11.1 Å². The topological polar surface area (TPSA) is 80.6 Å². The second kappa shape index (κ2) is 7.50. The number of aliphatic hydroxyl groups is 2. The lowest BCUT2D eigenvalue weighted by Crippen LogP contribution is -2.35. The van der Waals surface area contributed by atoms with E-state index in [1.54, 1.807) is 14.2 Å². The monoisotopic (exact) mass is 387 g/mol. The normalized spacial score (nSPS) is 17.5. The van der Waals surface area contributed by atoms with Gasteiger partial charge < -0.3 is 29.2 Å². The molecule has 0 spiro atoms. The van der Waals surface area contributed by atoms with E-state index in [9.17, 15) is 10.2 Å². The maximum Gasteiger partial charge on any atom is 0.186 e. The Morgan fingerprint density at radius 1 is 0.964 bits per heavy atom. The third-order valence-corrected chi connectivity index (χ3v) is 5.69. The molecule has 2 aliphatic rings. The molecular weight excluding hydrogens is 362 g/mol. The Hall–Kier alpha value is -2.48. The molecule has 28 heavy (non-hydrogen) atoms. The van der Waals surface area contributed by atoms with E-state index in [1.165, 1.54) is 11.1 Å². The minimum atomic E-state index is -0.489. The van der Waals surface area contributed by atoms with Crippen molar-refractivity contribution in [2.45, 2.75) is 18.9 Å². The highest BCUT2D eigenvalue weighted by Crippen LogP contribution is 2.54. The van der Waals surface area contributed by atoms with Crippen LogP contribution in [0.1, 0.15) is 22.7 Å². The van der Waals surface area contributed by atoms with Gasteiger partial charge in [0.1, 0.15) is 0 Å². The highest BCUT2D eigenvalue weighted by Gasteiger charge is 2.37. The molecule has 1 aliphatic heterocycles. The van der Waals surface area contributed by atoms with Crippen LogP contribution in [0.2, 0.25) is 0 Å². The third-order valence-electron chi connectivity index (χ3n) is 5.69. The zero-order chi connectivity index (χ0) is 19.8. The molecule has 2 aromatic carbocycles. The number of rotatable bonds is 6. The zero-order valence-electron chi connectivity index (χ0n) is 16.3. The van der Waals surface area contributed by atoms with Crippen molar-refractivity contribution in [2.24, 2.45) is 0 Å². The fraction of sp³-hybridized carbons (Fsp3) is 0.429. The molecule has 7 heteroatoms. The Morgan fingerprint density at radius 2 is 1.64 bits per heavy atom. The van der Waals surface area contributed by atoms with Crippen molar-refractivity contribution in [3.63, 3.8) is 0 Å². The van der Waals surface area contributed by atoms with Gasteiger partial charge >= 0.3 is 0 Å². The molecule has 4 rings (SSSR count). The first-order valence-electron chi connectivity index (χ1n) is 9.25. The van der Waals surface area contributed by atoms with E-state index >= 15 is 0 Å². The summed E-state index contributed by atoms with van der Waals surface area (Å²) in [6, 6.07) is 6.06. The van der Waals surface area contributed by atoms with Gasteiger partial charge in [-0.3, -0.25) is 4.90 Å². The molecule has 1 heterocycles. The van der Waals surface area contributed by atoms with E-state index in [-0.39, 0.29) is 6.04 Å². The van der Waals surface area contributed by atoms with Gasteiger partial charge in [0.25, 0.3) is 0 Å². The third kappa shape index (κ3) is 2.87. The summed E-state index contributed by atoms with van der Waals surface area (Å²) in [6.45, 7) is -0.0304. The van der Waals surface area contributed by atoms with E-state index in [4.69, 9.17) is 18.9 Å².